The molecule has 0 saturated heterocycles. The number of methoxy groups -OCH3 is 2. The van der Waals surface area contributed by atoms with Crippen LogP contribution in [0.1, 0.15) is 46.4 Å². The summed E-state index contributed by atoms with van der Waals surface area (Å²) in [5.74, 6) is 0.170. The first kappa shape index (κ1) is 18.8. The lowest BCUT2D eigenvalue weighted by Gasteiger charge is -2.14. The number of carbonyl (C=O) groups excluding carboxylic acids is 1. The van der Waals surface area contributed by atoms with E-state index in [2.05, 4.69) is 15.6 Å². The minimum Gasteiger partial charge on any atom is -0.481 e. The van der Waals surface area contributed by atoms with E-state index in [1.54, 1.807) is 7.11 Å². The number of para-hydroxylation sites is 1. The fourth-order valence-corrected chi connectivity index (χ4v) is 4.44. The summed E-state index contributed by atoms with van der Waals surface area (Å²) in [5.41, 5.74) is 5.18. The number of nitrogens with zero attached hydrogens (tertiary/aromatic N) is 2. The van der Waals surface area contributed by atoms with Gasteiger partial charge in [-0.3, -0.25) is 0 Å². The van der Waals surface area contributed by atoms with Crippen molar-refractivity contribution in [2.24, 2.45) is 0 Å². The molecule has 0 amide bonds. The SMILES string of the molecule is COC(=O)c1cccc2c3c(n(Cc4cc(Cl)nc(OC)c4)c12)CCCCC3. The van der Waals surface area contributed by atoms with E-state index in [1.807, 2.05) is 24.3 Å². The van der Waals surface area contributed by atoms with E-state index in [1.165, 1.54) is 31.2 Å². The molecule has 0 unspecified atom stereocenters. The first-order chi connectivity index (χ1) is 13.6. The molecule has 0 bridgehead atoms. The highest BCUT2D eigenvalue weighted by atomic mass is 35.5. The van der Waals surface area contributed by atoms with E-state index in [-0.39, 0.29) is 5.97 Å². The van der Waals surface area contributed by atoms with Gasteiger partial charge in [0.15, 0.2) is 0 Å². The maximum absolute atomic E-state index is 12.5. The Morgan fingerprint density at radius 3 is 2.79 bits per heavy atom. The standard InChI is InChI=1S/C22H23ClN2O3/c1-27-20-12-14(11-19(23)24-20)13-25-18-10-5-3-4-7-15(18)16-8-6-9-17(21(16)25)22(26)28-2/h6,8-9,11-12H,3-5,7,10,13H2,1-2H3. The van der Waals surface area contributed by atoms with E-state index >= 15 is 0 Å². The number of pyridine rings is 1. The zero-order valence-electron chi connectivity index (χ0n) is 16.1. The van der Waals surface area contributed by atoms with Crippen molar-refractivity contribution >= 4 is 28.5 Å². The smallest absolute Gasteiger partial charge is 0.340 e. The summed E-state index contributed by atoms with van der Waals surface area (Å²) in [6.45, 7) is 0.596. The molecule has 3 aromatic rings. The average Bonchev–Trinajstić information content (AvgIpc) is 2.86. The summed E-state index contributed by atoms with van der Waals surface area (Å²) < 4.78 is 12.6. The van der Waals surface area contributed by atoms with Gasteiger partial charge >= 0.3 is 5.97 Å². The van der Waals surface area contributed by atoms with Gasteiger partial charge < -0.3 is 14.0 Å². The summed E-state index contributed by atoms with van der Waals surface area (Å²) >= 11 is 6.19. The lowest BCUT2D eigenvalue weighted by atomic mass is 10.0. The summed E-state index contributed by atoms with van der Waals surface area (Å²) in [6.07, 6.45) is 5.58. The number of aryl methyl sites for hydroxylation is 1. The maximum Gasteiger partial charge on any atom is 0.340 e. The van der Waals surface area contributed by atoms with Crippen molar-refractivity contribution in [1.29, 1.82) is 0 Å². The van der Waals surface area contributed by atoms with Crippen LogP contribution in [0.2, 0.25) is 5.15 Å². The van der Waals surface area contributed by atoms with Crippen molar-refractivity contribution < 1.29 is 14.3 Å². The summed E-state index contributed by atoms with van der Waals surface area (Å²) in [5, 5.41) is 1.54. The largest absolute Gasteiger partial charge is 0.481 e. The van der Waals surface area contributed by atoms with Crippen molar-refractivity contribution in [3.8, 4) is 5.88 Å². The van der Waals surface area contributed by atoms with Gasteiger partial charge in [-0.1, -0.05) is 30.2 Å². The molecule has 0 atom stereocenters. The molecule has 1 aromatic carbocycles. The third kappa shape index (κ3) is 3.35. The Morgan fingerprint density at radius 1 is 1.18 bits per heavy atom. The van der Waals surface area contributed by atoms with Gasteiger partial charge in [-0.2, -0.15) is 0 Å². The molecular weight excluding hydrogens is 376 g/mol. The van der Waals surface area contributed by atoms with Gasteiger partial charge in [-0.25, -0.2) is 9.78 Å². The fraction of sp³-hybridized carbons (Fsp3) is 0.364. The molecule has 4 rings (SSSR count). The minimum atomic E-state index is -0.315. The molecule has 5 nitrogen and oxygen atoms in total. The van der Waals surface area contributed by atoms with Gasteiger partial charge in [0.05, 0.1) is 25.3 Å². The van der Waals surface area contributed by atoms with E-state index in [9.17, 15) is 4.79 Å². The number of carbonyl (C=O) groups is 1. The summed E-state index contributed by atoms with van der Waals surface area (Å²) in [6, 6.07) is 9.63. The molecule has 6 heteroatoms. The van der Waals surface area contributed by atoms with Gasteiger partial charge in [0.1, 0.15) is 5.15 Å². The molecule has 0 aliphatic heterocycles. The number of rotatable bonds is 4. The predicted octanol–water partition coefficient (Wildman–Crippen LogP) is 4.80. The number of halogens is 1. The summed E-state index contributed by atoms with van der Waals surface area (Å²) in [7, 11) is 3.00. The van der Waals surface area contributed by atoms with Crippen LogP contribution in [0.4, 0.5) is 0 Å². The quantitative estimate of drug-likeness (QED) is 0.360. The minimum absolute atomic E-state index is 0.315. The second-order valence-corrected chi connectivity index (χ2v) is 7.49. The molecule has 0 saturated carbocycles. The molecule has 1 aliphatic carbocycles. The Kier molecular flexibility index (Phi) is 5.27. The van der Waals surface area contributed by atoms with Gasteiger partial charge in [0.2, 0.25) is 5.88 Å². The van der Waals surface area contributed by atoms with E-state index in [0.717, 1.165) is 35.7 Å². The fourth-order valence-electron chi connectivity index (χ4n) is 4.22. The van der Waals surface area contributed by atoms with Gasteiger partial charge in [0, 0.05) is 23.7 Å². The van der Waals surface area contributed by atoms with Crippen molar-refractivity contribution in [1.82, 2.24) is 9.55 Å². The van der Waals surface area contributed by atoms with Crippen molar-refractivity contribution in [2.45, 2.75) is 38.6 Å². The monoisotopic (exact) mass is 398 g/mol. The van der Waals surface area contributed by atoms with Crippen LogP contribution in [-0.4, -0.2) is 29.7 Å². The van der Waals surface area contributed by atoms with Crippen LogP contribution in [0.15, 0.2) is 30.3 Å². The Hall–Kier alpha value is -2.53. The number of aromatic nitrogens is 2. The van der Waals surface area contributed by atoms with Crippen LogP contribution >= 0.6 is 11.6 Å². The van der Waals surface area contributed by atoms with Crippen molar-refractivity contribution in [2.75, 3.05) is 14.2 Å². The Labute approximate surface area is 169 Å². The zero-order valence-corrected chi connectivity index (χ0v) is 16.9. The third-order valence-electron chi connectivity index (χ3n) is 5.43. The molecule has 146 valence electrons. The van der Waals surface area contributed by atoms with Crippen LogP contribution in [0.25, 0.3) is 10.9 Å². The Morgan fingerprint density at radius 2 is 2.00 bits per heavy atom. The molecule has 1 aliphatic rings. The number of benzene rings is 1. The second kappa shape index (κ2) is 7.84. The van der Waals surface area contributed by atoms with Crippen LogP contribution in [0.3, 0.4) is 0 Å². The number of hydrogen-bond acceptors (Lipinski definition) is 4. The van der Waals surface area contributed by atoms with Gasteiger partial charge in [0.25, 0.3) is 0 Å². The topological polar surface area (TPSA) is 53.4 Å². The molecule has 0 spiro atoms. The van der Waals surface area contributed by atoms with Crippen molar-refractivity contribution in [3.05, 3.63) is 57.9 Å². The Bertz CT molecular complexity index is 1040. The number of hydrogen-bond donors (Lipinski definition) is 0. The average molecular weight is 399 g/mol. The number of esters is 1. The summed E-state index contributed by atoms with van der Waals surface area (Å²) in [4.78, 5) is 16.6. The van der Waals surface area contributed by atoms with Crippen LogP contribution in [0, 0.1) is 0 Å². The van der Waals surface area contributed by atoms with Gasteiger partial charge in [-0.05, 0) is 48.9 Å². The van der Waals surface area contributed by atoms with E-state index in [0.29, 0.717) is 23.1 Å². The predicted molar refractivity (Wildman–Crippen MR) is 109 cm³/mol. The lowest BCUT2D eigenvalue weighted by Crippen LogP contribution is -2.09. The maximum atomic E-state index is 12.5. The molecule has 0 radical (unpaired) electrons. The lowest BCUT2D eigenvalue weighted by molar-refractivity contribution is 0.0602. The Balaban J connectivity index is 1.94. The van der Waals surface area contributed by atoms with Crippen molar-refractivity contribution in [3.63, 3.8) is 0 Å². The highest BCUT2D eigenvalue weighted by Crippen LogP contribution is 2.34. The second-order valence-electron chi connectivity index (χ2n) is 7.11. The normalized spacial score (nSPS) is 13.8. The van der Waals surface area contributed by atoms with Crippen LogP contribution in [0.5, 0.6) is 5.88 Å². The molecule has 0 fully saturated rings. The van der Waals surface area contributed by atoms with E-state index < -0.39 is 0 Å². The zero-order chi connectivity index (χ0) is 19.7. The molecular formula is C22H23ClN2O3. The highest BCUT2D eigenvalue weighted by molar-refractivity contribution is 6.29. The highest BCUT2D eigenvalue weighted by Gasteiger charge is 2.23. The molecule has 2 heterocycles. The molecule has 0 N–H and O–H groups in total. The molecule has 2 aromatic heterocycles. The third-order valence-corrected chi connectivity index (χ3v) is 5.62. The van der Waals surface area contributed by atoms with Crippen LogP contribution in [-0.2, 0) is 24.1 Å². The number of fused-ring (bicyclic) bond motifs is 3. The van der Waals surface area contributed by atoms with Crippen LogP contribution < -0.4 is 4.74 Å². The first-order valence-corrected chi connectivity index (χ1v) is 9.92. The van der Waals surface area contributed by atoms with E-state index in [4.69, 9.17) is 21.1 Å². The first-order valence-electron chi connectivity index (χ1n) is 9.54. The molecule has 28 heavy (non-hydrogen) atoms. The number of ether oxygens (including phenoxy) is 2. The van der Waals surface area contributed by atoms with Gasteiger partial charge in [-0.15, -0.1) is 0 Å².